The first-order valence-corrected chi connectivity index (χ1v) is 20.6. The molecule has 4 aromatic rings. The van der Waals surface area contributed by atoms with E-state index in [1.807, 2.05) is 37.5 Å². The van der Waals surface area contributed by atoms with Crippen LogP contribution in [0.25, 0.3) is 10.9 Å². The first kappa shape index (κ1) is 47.7. The largest absolute Gasteiger partial charge is 0.508 e. The number of benzene rings is 2. The van der Waals surface area contributed by atoms with Crippen LogP contribution in [-0.4, -0.2) is 122 Å². The van der Waals surface area contributed by atoms with Gasteiger partial charge in [-0.2, -0.15) is 0 Å². The number of imidazole rings is 1. The fourth-order valence-electron chi connectivity index (χ4n) is 7.07. The van der Waals surface area contributed by atoms with E-state index in [2.05, 4.69) is 52.2 Å². The van der Waals surface area contributed by atoms with E-state index >= 15 is 0 Å². The van der Waals surface area contributed by atoms with Gasteiger partial charge in [0.2, 0.25) is 41.4 Å². The van der Waals surface area contributed by atoms with Gasteiger partial charge < -0.3 is 57.4 Å². The molecule has 0 saturated carbocycles. The molecule has 0 radical (unpaired) electrons. The number of fused-ring (bicyclic) bond motifs is 1. The minimum absolute atomic E-state index is 0.00679. The lowest BCUT2D eigenvalue weighted by atomic mass is 10.0. The summed E-state index contributed by atoms with van der Waals surface area (Å²) >= 11 is 0. The maximum absolute atomic E-state index is 14.2. The summed E-state index contributed by atoms with van der Waals surface area (Å²) in [7, 11) is 0. The Balaban J connectivity index is 1.34. The predicted octanol–water partition coefficient (Wildman–Crippen LogP) is -2.53. The SMILES string of the molecule is CC(C)C[C@H](NC(=O)CNC(=O)[C@H](Cc1ccc(O)cc1)NC(=O)[C@H](CO)NC(=O)[C@H](Cc1c[nH]c2ccccc12)NC(=O)[C@@H](Cc1cnc[nH]1)NC(=O)[C@@H]1CCC(=O)N1)C(=O)NN. The molecule has 2 aromatic heterocycles. The van der Waals surface area contributed by atoms with E-state index < -0.39 is 90.8 Å². The number of hydrogen-bond acceptors (Lipinski definition) is 12. The van der Waals surface area contributed by atoms with Crippen LogP contribution in [0.2, 0.25) is 0 Å². The van der Waals surface area contributed by atoms with Crippen LogP contribution in [0.5, 0.6) is 5.75 Å². The summed E-state index contributed by atoms with van der Waals surface area (Å²) in [5, 5.41) is 38.9. The third kappa shape index (κ3) is 13.6. The minimum Gasteiger partial charge on any atom is -0.508 e. The van der Waals surface area contributed by atoms with E-state index in [1.165, 1.54) is 36.8 Å². The number of hydrazine groups is 1. The number of nitrogens with one attached hydrogen (secondary N) is 10. The van der Waals surface area contributed by atoms with Gasteiger partial charge in [-0.3, -0.25) is 43.8 Å². The number of hydrogen-bond donors (Lipinski definition) is 13. The van der Waals surface area contributed by atoms with Crippen LogP contribution in [0, 0.1) is 5.92 Å². The van der Waals surface area contributed by atoms with Crippen LogP contribution < -0.4 is 48.5 Å². The van der Waals surface area contributed by atoms with Gasteiger partial charge in [0, 0.05) is 54.7 Å². The molecule has 64 heavy (non-hydrogen) atoms. The molecule has 0 spiro atoms. The van der Waals surface area contributed by atoms with Crippen molar-refractivity contribution in [2.24, 2.45) is 11.8 Å². The Labute approximate surface area is 367 Å². The fraction of sp³-hybridized carbons (Fsp3) is 0.405. The van der Waals surface area contributed by atoms with Crippen molar-refractivity contribution >= 4 is 58.2 Å². The molecule has 3 heterocycles. The lowest BCUT2D eigenvalue weighted by Crippen LogP contribution is -2.60. The lowest BCUT2D eigenvalue weighted by molar-refractivity contribution is -0.135. The zero-order valence-corrected chi connectivity index (χ0v) is 35.2. The van der Waals surface area contributed by atoms with Crippen molar-refractivity contribution in [3.63, 3.8) is 0 Å². The van der Waals surface area contributed by atoms with E-state index in [-0.39, 0.29) is 56.1 Å². The van der Waals surface area contributed by atoms with Crippen molar-refractivity contribution in [1.82, 2.24) is 57.6 Å². The Morgan fingerprint density at radius 1 is 0.781 bits per heavy atom. The number of rotatable bonds is 22. The molecular weight excluding hydrogens is 833 g/mol. The molecule has 1 fully saturated rings. The number of aliphatic hydroxyl groups excluding tert-OH is 1. The Morgan fingerprint density at radius 2 is 1.44 bits per heavy atom. The van der Waals surface area contributed by atoms with Gasteiger partial charge in [-0.1, -0.05) is 44.2 Å². The van der Waals surface area contributed by atoms with E-state index in [9.17, 15) is 48.6 Å². The summed E-state index contributed by atoms with van der Waals surface area (Å²) in [6, 6.07) is 5.38. The molecule has 14 N–H and O–H groups in total. The number of H-pyrrole nitrogens is 2. The molecule has 8 amide bonds. The smallest absolute Gasteiger partial charge is 0.256 e. The van der Waals surface area contributed by atoms with Crippen LogP contribution in [0.4, 0.5) is 0 Å². The topological polar surface area (TPSA) is 344 Å². The van der Waals surface area contributed by atoms with Gasteiger partial charge in [0.15, 0.2) is 0 Å². The van der Waals surface area contributed by atoms with Gasteiger partial charge in [0.25, 0.3) is 5.91 Å². The van der Waals surface area contributed by atoms with Gasteiger partial charge in [-0.05, 0) is 48.1 Å². The van der Waals surface area contributed by atoms with Gasteiger partial charge in [-0.15, -0.1) is 0 Å². The molecule has 342 valence electrons. The number of carbonyl (C=O) groups excluding carboxylic acids is 8. The molecule has 6 atom stereocenters. The molecule has 1 aliphatic heterocycles. The highest BCUT2D eigenvalue weighted by molar-refractivity contribution is 5.98. The van der Waals surface area contributed by atoms with Crippen molar-refractivity contribution in [3.8, 4) is 5.75 Å². The maximum Gasteiger partial charge on any atom is 0.256 e. The average molecular weight is 887 g/mol. The maximum atomic E-state index is 14.2. The zero-order valence-electron chi connectivity index (χ0n) is 35.2. The first-order chi connectivity index (χ1) is 30.6. The van der Waals surface area contributed by atoms with Crippen LogP contribution >= 0.6 is 0 Å². The van der Waals surface area contributed by atoms with Crippen LogP contribution in [0.15, 0.2) is 67.3 Å². The number of amides is 8. The number of aromatic amines is 2. The summed E-state index contributed by atoms with van der Waals surface area (Å²) in [4.78, 5) is 116. The second-order valence-corrected chi connectivity index (χ2v) is 15.8. The predicted molar refractivity (Wildman–Crippen MR) is 229 cm³/mol. The Kier molecular flexibility index (Phi) is 16.9. The number of aliphatic hydroxyl groups is 1. The molecule has 1 saturated heterocycles. The fourth-order valence-corrected chi connectivity index (χ4v) is 7.07. The second kappa shape index (κ2) is 22.7. The van der Waals surface area contributed by atoms with Crippen LogP contribution in [0.3, 0.4) is 0 Å². The van der Waals surface area contributed by atoms with E-state index in [4.69, 9.17) is 5.84 Å². The van der Waals surface area contributed by atoms with Crippen LogP contribution in [0.1, 0.15) is 49.9 Å². The second-order valence-electron chi connectivity index (χ2n) is 15.8. The monoisotopic (exact) mass is 886 g/mol. The number of para-hydroxylation sites is 1. The molecule has 0 bridgehead atoms. The molecule has 22 nitrogen and oxygen atoms in total. The number of carbonyl (C=O) groups is 8. The third-order valence-corrected chi connectivity index (χ3v) is 10.4. The lowest BCUT2D eigenvalue weighted by Gasteiger charge is -2.26. The molecule has 1 aliphatic rings. The third-order valence-electron chi connectivity index (χ3n) is 10.4. The number of phenolic OH excluding ortho intramolecular Hbond substituents is 1. The standard InChI is InChI=1S/C42H54N12O10/c1-22(2)13-30(42(64)54-43)49-36(58)19-46-37(59)31(14-23-7-9-26(56)10-8-23)50-41(63)34(20-55)53-39(61)32(15-24-17-45-28-6-4-3-5-27(24)28)51-40(62)33(16-25-18-44-21-47-25)52-38(60)29-11-12-35(57)48-29/h3-10,17-18,21-22,29-34,45,55-56H,11-16,19-20,43H2,1-2H3,(H,44,47)(H,46,59)(H,48,57)(H,49,58)(H,50,63)(H,51,62)(H,52,60)(H,53,61)(H,54,64)/t29-,30-,31-,32-,33+,34-/m0/s1. The minimum atomic E-state index is -1.67. The zero-order chi connectivity index (χ0) is 46.3. The number of phenols is 1. The normalized spacial score (nSPS) is 15.8. The summed E-state index contributed by atoms with van der Waals surface area (Å²) in [6.07, 6.45) is 4.76. The van der Waals surface area contributed by atoms with E-state index in [1.54, 1.807) is 12.3 Å². The molecular formula is C42H54N12O10. The highest BCUT2D eigenvalue weighted by Crippen LogP contribution is 2.20. The summed E-state index contributed by atoms with van der Waals surface area (Å²) in [6.45, 7) is 2.13. The molecule has 0 unspecified atom stereocenters. The Morgan fingerprint density at radius 3 is 2.06 bits per heavy atom. The quantitative estimate of drug-likeness (QED) is 0.0221. The molecule has 2 aromatic carbocycles. The van der Waals surface area contributed by atoms with Crippen molar-refractivity contribution in [3.05, 3.63) is 84.1 Å². The highest BCUT2D eigenvalue weighted by atomic mass is 16.3. The number of nitrogens with zero attached hydrogens (tertiary/aromatic N) is 1. The van der Waals surface area contributed by atoms with Gasteiger partial charge in [-0.25, -0.2) is 10.8 Å². The average Bonchev–Trinajstić information content (AvgIpc) is 4.06. The van der Waals surface area contributed by atoms with Crippen molar-refractivity contribution < 1.29 is 48.6 Å². The van der Waals surface area contributed by atoms with E-state index in [0.29, 0.717) is 16.8 Å². The summed E-state index contributed by atoms with van der Waals surface area (Å²) in [5.41, 5.74) is 4.31. The highest BCUT2D eigenvalue weighted by Gasteiger charge is 2.35. The van der Waals surface area contributed by atoms with Crippen molar-refractivity contribution in [2.75, 3.05) is 13.2 Å². The molecule has 22 heteroatoms. The van der Waals surface area contributed by atoms with Crippen LogP contribution in [-0.2, 0) is 57.6 Å². The first-order valence-electron chi connectivity index (χ1n) is 20.6. The van der Waals surface area contributed by atoms with Gasteiger partial charge in [0.1, 0.15) is 42.0 Å². The Hall–Kier alpha value is -7.33. The summed E-state index contributed by atoms with van der Waals surface area (Å²) < 4.78 is 0. The number of nitrogens with two attached hydrogens (primary N) is 1. The van der Waals surface area contributed by atoms with E-state index in [0.717, 1.165) is 10.9 Å². The van der Waals surface area contributed by atoms with Gasteiger partial charge >= 0.3 is 0 Å². The van der Waals surface area contributed by atoms with Gasteiger partial charge in [0.05, 0.1) is 19.5 Å². The number of aromatic hydroxyl groups is 1. The van der Waals surface area contributed by atoms with Crippen molar-refractivity contribution in [1.29, 1.82) is 0 Å². The van der Waals surface area contributed by atoms with Crippen molar-refractivity contribution in [2.45, 2.75) is 88.6 Å². The molecule has 5 rings (SSSR count). The Bertz CT molecular complexity index is 2280. The molecule has 0 aliphatic carbocycles. The summed E-state index contributed by atoms with van der Waals surface area (Å²) in [5.74, 6) is -0.593. The number of aromatic nitrogens is 3.